The molecule has 0 spiro atoms. The average molecular weight is 348 g/mol. The summed E-state index contributed by atoms with van der Waals surface area (Å²) in [6.07, 6.45) is 1.56. The van der Waals surface area contributed by atoms with Crippen LogP contribution in [0.3, 0.4) is 0 Å². The van der Waals surface area contributed by atoms with E-state index in [0.29, 0.717) is 11.6 Å². The van der Waals surface area contributed by atoms with E-state index >= 15 is 0 Å². The van der Waals surface area contributed by atoms with Crippen molar-refractivity contribution in [2.24, 2.45) is 0 Å². The normalized spacial score (nSPS) is 10.3. The number of nitrogens with zero attached hydrogens (tertiary/aromatic N) is 2. The van der Waals surface area contributed by atoms with Crippen LogP contribution in [-0.4, -0.2) is 23.0 Å². The third-order valence-electron chi connectivity index (χ3n) is 3.88. The van der Waals surface area contributed by atoms with Gasteiger partial charge in [-0.15, -0.1) is 0 Å². The standard InChI is InChI=1S/C20H20N4O2/c1-13-4-5-14(2)18(12-13)24-20-21-11-10-17(23-20)19(25)22-15-6-8-16(26-3)9-7-15/h4-12H,1-3H3,(H,22,25)(H,21,23,24). The number of hydrogen-bond donors (Lipinski definition) is 2. The van der Waals surface area contributed by atoms with Crippen LogP contribution in [0.25, 0.3) is 0 Å². The van der Waals surface area contributed by atoms with Gasteiger partial charge in [0.25, 0.3) is 5.91 Å². The summed E-state index contributed by atoms with van der Waals surface area (Å²) in [6, 6.07) is 14.8. The zero-order valence-corrected chi connectivity index (χ0v) is 14.9. The Labute approximate surface area is 152 Å². The Morgan fingerprint density at radius 1 is 1.04 bits per heavy atom. The van der Waals surface area contributed by atoms with E-state index in [0.717, 1.165) is 22.6 Å². The molecule has 2 N–H and O–H groups in total. The molecule has 26 heavy (non-hydrogen) atoms. The van der Waals surface area contributed by atoms with E-state index in [-0.39, 0.29) is 11.6 Å². The fourth-order valence-corrected chi connectivity index (χ4v) is 2.41. The molecular formula is C20H20N4O2. The lowest BCUT2D eigenvalue weighted by Gasteiger charge is -2.10. The molecule has 1 heterocycles. The van der Waals surface area contributed by atoms with E-state index in [9.17, 15) is 4.79 Å². The highest BCUT2D eigenvalue weighted by Gasteiger charge is 2.10. The molecule has 0 saturated heterocycles. The van der Waals surface area contributed by atoms with Crippen molar-refractivity contribution in [3.63, 3.8) is 0 Å². The Morgan fingerprint density at radius 2 is 1.81 bits per heavy atom. The predicted molar refractivity (Wildman–Crippen MR) is 102 cm³/mol. The van der Waals surface area contributed by atoms with E-state index in [2.05, 4.69) is 20.6 Å². The highest BCUT2D eigenvalue weighted by atomic mass is 16.5. The van der Waals surface area contributed by atoms with Crippen LogP contribution in [0.2, 0.25) is 0 Å². The van der Waals surface area contributed by atoms with Crippen molar-refractivity contribution in [1.82, 2.24) is 9.97 Å². The summed E-state index contributed by atoms with van der Waals surface area (Å²) >= 11 is 0. The molecule has 0 fully saturated rings. The number of aromatic nitrogens is 2. The molecular weight excluding hydrogens is 328 g/mol. The fraction of sp³-hybridized carbons (Fsp3) is 0.150. The molecule has 0 unspecified atom stereocenters. The van der Waals surface area contributed by atoms with Crippen molar-refractivity contribution in [1.29, 1.82) is 0 Å². The van der Waals surface area contributed by atoms with Crippen molar-refractivity contribution in [3.8, 4) is 5.75 Å². The Bertz CT molecular complexity index is 923. The van der Waals surface area contributed by atoms with Crippen molar-refractivity contribution < 1.29 is 9.53 Å². The maximum atomic E-state index is 12.4. The summed E-state index contributed by atoms with van der Waals surface area (Å²) < 4.78 is 5.11. The van der Waals surface area contributed by atoms with Crippen LogP contribution >= 0.6 is 0 Å². The Kier molecular flexibility index (Phi) is 5.12. The number of amides is 1. The Hall–Kier alpha value is -3.41. The molecule has 0 radical (unpaired) electrons. The minimum Gasteiger partial charge on any atom is -0.497 e. The number of methoxy groups -OCH3 is 1. The topological polar surface area (TPSA) is 76.1 Å². The van der Waals surface area contributed by atoms with Crippen LogP contribution < -0.4 is 15.4 Å². The third-order valence-corrected chi connectivity index (χ3v) is 3.88. The van der Waals surface area contributed by atoms with Gasteiger partial charge in [0.2, 0.25) is 5.95 Å². The van der Waals surface area contributed by atoms with Crippen molar-refractivity contribution in [3.05, 3.63) is 71.5 Å². The number of carbonyl (C=O) groups excluding carboxylic acids is 1. The highest BCUT2D eigenvalue weighted by Crippen LogP contribution is 2.20. The second-order valence-corrected chi connectivity index (χ2v) is 5.89. The van der Waals surface area contributed by atoms with Crippen molar-refractivity contribution in [2.75, 3.05) is 17.7 Å². The van der Waals surface area contributed by atoms with Gasteiger partial charge in [0.15, 0.2) is 0 Å². The second kappa shape index (κ2) is 7.65. The first kappa shape index (κ1) is 17.4. The molecule has 6 nitrogen and oxygen atoms in total. The van der Waals surface area contributed by atoms with Gasteiger partial charge in [-0.25, -0.2) is 9.97 Å². The predicted octanol–water partition coefficient (Wildman–Crippen LogP) is 4.10. The van der Waals surface area contributed by atoms with Gasteiger partial charge in [0, 0.05) is 17.6 Å². The van der Waals surface area contributed by atoms with E-state index in [1.165, 1.54) is 0 Å². The summed E-state index contributed by atoms with van der Waals surface area (Å²) in [6.45, 7) is 4.02. The zero-order valence-electron chi connectivity index (χ0n) is 14.9. The molecule has 1 aromatic heterocycles. The quantitative estimate of drug-likeness (QED) is 0.726. The molecule has 0 aliphatic rings. The third kappa shape index (κ3) is 4.16. The van der Waals surface area contributed by atoms with Crippen molar-refractivity contribution in [2.45, 2.75) is 13.8 Å². The molecule has 3 rings (SSSR count). The molecule has 0 atom stereocenters. The lowest BCUT2D eigenvalue weighted by Crippen LogP contribution is -2.14. The smallest absolute Gasteiger partial charge is 0.274 e. The first-order chi connectivity index (χ1) is 12.5. The molecule has 0 saturated carbocycles. The molecule has 3 aromatic rings. The van der Waals surface area contributed by atoms with Gasteiger partial charge in [0.05, 0.1) is 7.11 Å². The summed E-state index contributed by atoms with van der Waals surface area (Å²) in [5.41, 5.74) is 4.07. The zero-order chi connectivity index (χ0) is 18.5. The van der Waals surface area contributed by atoms with Crippen LogP contribution in [0.15, 0.2) is 54.7 Å². The Morgan fingerprint density at radius 3 is 2.54 bits per heavy atom. The molecule has 6 heteroatoms. The van der Waals surface area contributed by atoms with Gasteiger partial charge >= 0.3 is 0 Å². The second-order valence-electron chi connectivity index (χ2n) is 5.89. The molecule has 1 amide bonds. The number of rotatable bonds is 5. The monoisotopic (exact) mass is 348 g/mol. The van der Waals surface area contributed by atoms with Crippen LogP contribution in [-0.2, 0) is 0 Å². The van der Waals surface area contributed by atoms with Crippen LogP contribution in [0.5, 0.6) is 5.75 Å². The van der Waals surface area contributed by atoms with E-state index in [1.807, 2.05) is 32.0 Å². The lowest BCUT2D eigenvalue weighted by molar-refractivity contribution is 0.102. The number of hydrogen-bond acceptors (Lipinski definition) is 5. The number of nitrogens with one attached hydrogen (secondary N) is 2. The average Bonchev–Trinajstić information content (AvgIpc) is 2.65. The summed E-state index contributed by atoms with van der Waals surface area (Å²) in [4.78, 5) is 20.9. The van der Waals surface area contributed by atoms with E-state index in [4.69, 9.17) is 4.74 Å². The highest BCUT2D eigenvalue weighted by molar-refractivity contribution is 6.03. The Balaban J connectivity index is 1.75. The van der Waals surface area contributed by atoms with Gasteiger partial charge in [0.1, 0.15) is 11.4 Å². The molecule has 2 aromatic carbocycles. The minimum absolute atomic E-state index is 0.281. The summed E-state index contributed by atoms with van der Waals surface area (Å²) in [7, 11) is 1.60. The number of benzene rings is 2. The summed E-state index contributed by atoms with van der Waals surface area (Å²) in [5, 5.41) is 5.98. The lowest BCUT2D eigenvalue weighted by atomic mass is 10.1. The maximum Gasteiger partial charge on any atom is 0.274 e. The fourth-order valence-electron chi connectivity index (χ4n) is 2.41. The van der Waals surface area contributed by atoms with E-state index in [1.54, 1.807) is 43.6 Å². The van der Waals surface area contributed by atoms with Crippen LogP contribution in [0.4, 0.5) is 17.3 Å². The van der Waals surface area contributed by atoms with Gasteiger partial charge < -0.3 is 15.4 Å². The maximum absolute atomic E-state index is 12.4. The number of anilines is 3. The minimum atomic E-state index is -0.304. The van der Waals surface area contributed by atoms with Crippen molar-refractivity contribution >= 4 is 23.2 Å². The molecule has 0 bridgehead atoms. The van der Waals surface area contributed by atoms with Crippen LogP contribution in [0.1, 0.15) is 21.6 Å². The first-order valence-corrected chi connectivity index (χ1v) is 8.18. The SMILES string of the molecule is COc1ccc(NC(=O)c2ccnc(Nc3cc(C)ccc3C)n2)cc1. The van der Waals surface area contributed by atoms with Gasteiger partial charge in [-0.3, -0.25) is 4.79 Å². The number of ether oxygens (including phenoxy) is 1. The first-order valence-electron chi connectivity index (χ1n) is 8.18. The molecule has 132 valence electrons. The number of aryl methyl sites for hydroxylation is 2. The van der Waals surface area contributed by atoms with E-state index < -0.39 is 0 Å². The molecule has 0 aliphatic carbocycles. The number of carbonyl (C=O) groups is 1. The molecule has 0 aliphatic heterocycles. The van der Waals surface area contributed by atoms with Crippen LogP contribution in [0, 0.1) is 13.8 Å². The van der Waals surface area contributed by atoms with Gasteiger partial charge in [-0.05, 0) is 61.4 Å². The summed E-state index contributed by atoms with van der Waals surface area (Å²) in [5.74, 6) is 0.799. The van der Waals surface area contributed by atoms with Gasteiger partial charge in [-0.1, -0.05) is 12.1 Å². The van der Waals surface area contributed by atoms with Gasteiger partial charge in [-0.2, -0.15) is 0 Å². The largest absolute Gasteiger partial charge is 0.497 e.